The minimum absolute atomic E-state index is 0.0341. The molecule has 0 aliphatic heterocycles. The minimum Gasteiger partial charge on any atom is -0.384 e. The molecule has 0 radical (unpaired) electrons. The Morgan fingerprint density at radius 3 is 2.09 bits per heavy atom. The van der Waals surface area contributed by atoms with E-state index < -0.39 is 0 Å². The van der Waals surface area contributed by atoms with Crippen LogP contribution >= 0.6 is 0 Å². The van der Waals surface area contributed by atoms with E-state index in [1.54, 1.807) is 0 Å². The number of amides is 1. The van der Waals surface area contributed by atoms with E-state index in [0.29, 0.717) is 13.0 Å². The number of hydrogen-bond donors (Lipinski definition) is 2. The fourth-order valence-corrected chi connectivity index (χ4v) is 2.93. The third kappa shape index (κ3) is 4.59. The van der Waals surface area contributed by atoms with Crippen molar-refractivity contribution >= 4 is 17.3 Å². The quantitative estimate of drug-likeness (QED) is 0.842. The van der Waals surface area contributed by atoms with E-state index in [0.717, 1.165) is 16.9 Å². The molecule has 2 rings (SSSR count). The molecule has 2 N–H and O–H groups in total. The molecule has 3 heteroatoms. The fourth-order valence-electron chi connectivity index (χ4n) is 2.93. The maximum absolute atomic E-state index is 12.1. The lowest BCUT2D eigenvalue weighted by molar-refractivity contribution is -0.115. The molecule has 0 saturated heterocycles. The first kappa shape index (κ1) is 17.1. The van der Waals surface area contributed by atoms with Crippen LogP contribution in [-0.2, 0) is 4.79 Å². The number of anilines is 2. The Morgan fingerprint density at radius 1 is 0.870 bits per heavy atom. The zero-order valence-corrected chi connectivity index (χ0v) is 14.7. The molecule has 1 amide bonds. The van der Waals surface area contributed by atoms with Gasteiger partial charge in [0, 0.05) is 24.3 Å². The molecule has 122 valence electrons. The number of carbonyl (C=O) groups excluding carboxylic acids is 1. The molecule has 0 aromatic heterocycles. The number of rotatable bonds is 5. The highest BCUT2D eigenvalue weighted by atomic mass is 16.1. The van der Waals surface area contributed by atoms with Crippen LogP contribution in [0.1, 0.15) is 34.2 Å². The summed E-state index contributed by atoms with van der Waals surface area (Å²) in [6.07, 6.45) is 0.445. The van der Waals surface area contributed by atoms with E-state index in [1.807, 2.05) is 19.1 Å². The number of hydrogen-bond acceptors (Lipinski definition) is 2. The van der Waals surface area contributed by atoms with E-state index in [-0.39, 0.29) is 5.91 Å². The molecule has 0 saturated carbocycles. The molecule has 0 unspecified atom stereocenters. The van der Waals surface area contributed by atoms with Gasteiger partial charge in [0.05, 0.1) is 0 Å². The fraction of sp³-hybridized carbons (Fsp3) is 0.350. The summed E-state index contributed by atoms with van der Waals surface area (Å²) in [5.41, 5.74) is 8.02. The Labute approximate surface area is 139 Å². The molecule has 2 aromatic carbocycles. The topological polar surface area (TPSA) is 41.1 Å². The standard InChI is InChI=1S/C20H26N2O/c1-13-6-7-18(15(3)10-13)22-19(23)8-9-21-20-16(4)11-14(2)12-17(20)5/h6-7,10-12,21H,8-9H2,1-5H3,(H,22,23). The molecular formula is C20H26N2O. The summed E-state index contributed by atoms with van der Waals surface area (Å²) >= 11 is 0. The van der Waals surface area contributed by atoms with Crippen LogP contribution in [-0.4, -0.2) is 12.5 Å². The summed E-state index contributed by atoms with van der Waals surface area (Å²) in [7, 11) is 0. The van der Waals surface area contributed by atoms with Crippen LogP contribution in [0.25, 0.3) is 0 Å². The van der Waals surface area contributed by atoms with E-state index in [4.69, 9.17) is 0 Å². The van der Waals surface area contributed by atoms with Crippen LogP contribution in [0.4, 0.5) is 11.4 Å². The number of benzene rings is 2. The van der Waals surface area contributed by atoms with Crippen molar-refractivity contribution in [3.63, 3.8) is 0 Å². The van der Waals surface area contributed by atoms with Gasteiger partial charge in [-0.1, -0.05) is 35.4 Å². The van der Waals surface area contributed by atoms with Crippen LogP contribution < -0.4 is 10.6 Å². The second kappa shape index (κ2) is 7.32. The van der Waals surface area contributed by atoms with Gasteiger partial charge in [-0.05, 0) is 57.4 Å². The van der Waals surface area contributed by atoms with E-state index in [1.165, 1.54) is 22.3 Å². The highest BCUT2D eigenvalue weighted by Gasteiger charge is 2.07. The Hall–Kier alpha value is -2.29. The lowest BCUT2D eigenvalue weighted by Crippen LogP contribution is -2.17. The summed E-state index contributed by atoms with van der Waals surface area (Å²) in [5, 5.41) is 6.37. The van der Waals surface area contributed by atoms with Gasteiger partial charge in [-0.2, -0.15) is 0 Å². The number of nitrogens with one attached hydrogen (secondary N) is 2. The molecule has 0 atom stereocenters. The van der Waals surface area contributed by atoms with Gasteiger partial charge in [-0.15, -0.1) is 0 Å². The Balaban J connectivity index is 1.90. The lowest BCUT2D eigenvalue weighted by Gasteiger charge is -2.14. The Kier molecular flexibility index (Phi) is 5.43. The molecule has 0 bridgehead atoms. The van der Waals surface area contributed by atoms with E-state index in [9.17, 15) is 4.79 Å². The maximum Gasteiger partial charge on any atom is 0.226 e. The van der Waals surface area contributed by atoms with Crippen LogP contribution in [0, 0.1) is 34.6 Å². The average molecular weight is 310 g/mol. The molecular weight excluding hydrogens is 284 g/mol. The molecule has 0 aliphatic carbocycles. The van der Waals surface area contributed by atoms with Crippen LogP contribution in [0.5, 0.6) is 0 Å². The first-order chi connectivity index (χ1) is 10.9. The van der Waals surface area contributed by atoms with Gasteiger partial charge in [0.15, 0.2) is 0 Å². The van der Waals surface area contributed by atoms with Crippen molar-refractivity contribution in [2.24, 2.45) is 0 Å². The molecule has 2 aromatic rings. The molecule has 0 heterocycles. The summed E-state index contributed by atoms with van der Waals surface area (Å²) in [4.78, 5) is 12.1. The van der Waals surface area contributed by atoms with E-state index in [2.05, 4.69) is 56.5 Å². The Bertz CT molecular complexity index is 697. The highest BCUT2D eigenvalue weighted by Crippen LogP contribution is 2.22. The van der Waals surface area contributed by atoms with Crippen molar-refractivity contribution in [3.05, 3.63) is 58.1 Å². The van der Waals surface area contributed by atoms with Gasteiger partial charge >= 0.3 is 0 Å². The highest BCUT2D eigenvalue weighted by molar-refractivity contribution is 5.91. The zero-order chi connectivity index (χ0) is 17.0. The molecule has 23 heavy (non-hydrogen) atoms. The van der Waals surface area contributed by atoms with Gasteiger partial charge in [0.1, 0.15) is 0 Å². The minimum atomic E-state index is 0.0341. The monoisotopic (exact) mass is 310 g/mol. The van der Waals surface area contributed by atoms with Crippen LogP contribution in [0.15, 0.2) is 30.3 Å². The van der Waals surface area contributed by atoms with Gasteiger partial charge in [0.25, 0.3) is 0 Å². The molecule has 0 fully saturated rings. The van der Waals surface area contributed by atoms with Crippen molar-refractivity contribution in [1.29, 1.82) is 0 Å². The van der Waals surface area contributed by atoms with Crippen LogP contribution in [0.2, 0.25) is 0 Å². The summed E-state index contributed by atoms with van der Waals surface area (Å²) < 4.78 is 0. The van der Waals surface area contributed by atoms with Gasteiger partial charge < -0.3 is 10.6 Å². The third-order valence-corrected chi connectivity index (χ3v) is 3.99. The summed E-state index contributed by atoms with van der Waals surface area (Å²) in [6.45, 7) is 11.0. The van der Waals surface area contributed by atoms with Crippen molar-refractivity contribution < 1.29 is 4.79 Å². The first-order valence-electron chi connectivity index (χ1n) is 8.05. The van der Waals surface area contributed by atoms with Crippen molar-refractivity contribution in [2.75, 3.05) is 17.2 Å². The zero-order valence-electron chi connectivity index (χ0n) is 14.7. The maximum atomic E-state index is 12.1. The largest absolute Gasteiger partial charge is 0.384 e. The second-order valence-electron chi connectivity index (χ2n) is 6.32. The van der Waals surface area contributed by atoms with Crippen molar-refractivity contribution in [1.82, 2.24) is 0 Å². The Morgan fingerprint density at radius 2 is 1.48 bits per heavy atom. The molecule has 0 spiro atoms. The third-order valence-electron chi connectivity index (χ3n) is 3.99. The SMILES string of the molecule is Cc1ccc(NC(=O)CCNc2c(C)cc(C)cc2C)c(C)c1. The van der Waals surface area contributed by atoms with Crippen LogP contribution in [0.3, 0.4) is 0 Å². The summed E-state index contributed by atoms with van der Waals surface area (Å²) in [5.74, 6) is 0.0341. The lowest BCUT2D eigenvalue weighted by atomic mass is 10.1. The smallest absolute Gasteiger partial charge is 0.226 e. The number of carbonyl (C=O) groups is 1. The normalized spacial score (nSPS) is 10.5. The van der Waals surface area contributed by atoms with Crippen molar-refractivity contribution in [2.45, 2.75) is 41.0 Å². The van der Waals surface area contributed by atoms with Gasteiger partial charge in [-0.25, -0.2) is 0 Å². The second-order valence-corrected chi connectivity index (χ2v) is 6.32. The van der Waals surface area contributed by atoms with E-state index >= 15 is 0 Å². The molecule has 3 nitrogen and oxygen atoms in total. The predicted molar refractivity (Wildman–Crippen MR) is 98.3 cm³/mol. The van der Waals surface area contributed by atoms with Gasteiger partial charge in [0.2, 0.25) is 5.91 Å². The molecule has 0 aliphatic rings. The van der Waals surface area contributed by atoms with Crippen molar-refractivity contribution in [3.8, 4) is 0 Å². The van der Waals surface area contributed by atoms with Gasteiger partial charge in [-0.3, -0.25) is 4.79 Å². The first-order valence-corrected chi connectivity index (χ1v) is 8.05. The average Bonchev–Trinajstić information content (AvgIpc) is 2.44. The number of aryl methyl sites for hydroxylation is 5. The summed E-state index contributed by atoms with van der Waals surface area (Å²) in [6, 6.07) is 10.4. The predicted octanol–water partition coefficient (Wildman–Crippen LogP) is 4.67.